The lowest BCUT2D eigenvalue weighted by atomic mass is 10.0. The molecule has 6 nitrogen and oxygen atoms in total. The molecular formula is C49H91NO5. The second-order valence-electron chi connectivity index (χ2n) is 16.2. The number of carbonyl (C=O) groups excluding carboxylic acids is 2. The topological polar surface area (TPSA) is 95.9 Å². The number of aliphatic hydroxyl groups excluding tert-OH is 2. The third-order valence-corrected chi connectivity index (χ3v) is 10.8. The minimum atomic E-state index is -0.789. The number of esters is 1. The van der Waals surface area contributed by atoms with Gasteiger partial charge in [-0.1, -0.05) is 218 Å². The molecule has 0 aliphatic carbocycles. The fourth-order valence-corrected chi connectivity index (χ4v) is 7.19. The van der Waals surface area contributed by atoms with Crippen LogP contribution in [0.3, 0.4) is 0 Å². The fourth-order valence-electron chi connectivity index (χ4n) is 7.19. The molecule has 3 atom stereocenters. The lowest BCUT2D eigenvalue weighted by Gasteiger charge is -2.24. The van der Waals surface area contributed by atoms with E-state index in [2.05, 4.69) is 62.5 Å². The van der Waals surface area contributed by atoms with Crippen LogP contribution in [0.5, 0.6) is 0 Å². The summed E-state index contributed by atoms with van der Waals surface area (Å²) in [6.07, 6.45) is 49.1. The van der Waals surface area contributed by atoms with Gasteiger partial charge in [-0.3, -0.25) is 9.59 Å². The van der Waals surface area contributed by atoms with Crippen molar-refractivity contribution in [3.05, 3.63) is 36.5 Å². The van der Waals surface area contributed by atoms with E-state index in [0.717, 1.165) is 83.5 Å². The zero-order chi connectivity index (χ0) is 40.3. The first kappa shape index (κ1) is 53.1. The monoisotopic (exact) mass is 774 g/mol. The number of nitrogens with one attached hydrogen (secondary N) is 1. The lowest BCUT2D eigenvalue weighted by Crippen LogP contribution is -2.46. The van der Waals surface area contributed by atoms with Crippen LogP contribution in [0.2, 0.25) is 0 Å². The summed E-state index contributed by atoms with van der Waals surface area (Å²) in [5.74, 6) is -0.488. The van der Waals surface area contributed by atoms with E-state index in [0.29, 0.717) is 19.3 Å². The molecule has 0 aromatic carbocycles. The van der Waals surface area contributed by atoms with E-state index in [1.807, 2.05) is 0 Å². The van der Waals surface area contributed by atoms with Crippen molar-refractivity contribution in [3.8, 4) is 0 Å². The summed E-state index contributed by atoms with van der Waals surface area (Å²) in [5, 5.41) is 23.6. The van der Waals surface area contributed by atoms with Crippen LogP contribution < -0.4 is 5.32 Å². The summed E-state index contributed by atoms with van der Waals surface area (Å²) >= 11 is 0. The second-order valence-corrected chi connectivity index (χ2v) is 16.2. The summed E-state index contributed by atoms with van der Waals surface area (Å²) < 4.78 is 5.90. The molecule has 0 aromatic rings. The summed E-state index contributed by atoms with van der Waals surface area (Å²) in [5.41, 5.74) is 0. The second kappa shape index (κ2) is 43.2. The van der Waals surface area contributed by atoms with Crippen molar-refractivity contribution in [1.29, 1.82) is 0 Å². The first-order chi connectivity index (χ1) is 27.0. The number of allylic oxidation sites excluding steroid dienone is 6. The highest BCUT2D eigenvalue weighted by Gasteiger charge is 2.24. The molecular weight excluding hydrogens is 683 g/mol. The molecule has 6 heteroatoms. The molecule has 3 unspecified atom stereocenters. The molecule has 0 fully saturated rings. The maximum atomic E-state index is 13.1. The maximum Gasteiger partial charge on any atom is 0.306 e. The smallest absolute Gasteiger partial charge is 0.306 e. The summed E-state index contributed by atoms with van der Waals surface area (Å²) in [6.45, 7) is 6.33. The van der Waals surface area contributed by atoms with Crippen molar-refractivity contribution in [1.82, 2.24) is 5.32 Å². The van der Waals surface area contributed by atoms with Crippen molar-refractivity contribution < 1.29 is 24.5 Å². The van der Waals surface area contributed by atoms with Crippen LogP contribution in [-0.4, -0.2) is 46.9 Å². The third kappa shape index (κ3) is 38.7. The molecule has 0 aromatic heterocycles. The highest BCUT2D eigenvalue weighted by atomic mass is 16.5. The summed E-state index contributed by atoms with van der Waals surface area (Å²) in [6, 6.07) is -0.703. The van der Waals surface area contributed by atoms with E-state index in [1.165, 1.54) is 109 Å². The Morgan fingerprint density at radius 1 is 0.545 bits per heavy atom. The number of aliphatic hydroxyl groups is 2. The van der Waals surface area contributed by atoms with Gasteiger partial charge in [-0.25, -0.2) is 0 Å². The van der Waals surface area contributed by atoms with Gasteiger partial charge in [0.25, 0.3) is 0 Å². The normalized spacial score (nSPS) is 13.6. The van der Waals surface area contributed by atoms with Crippen LogP contribution in [0.25, 0.3) is 0 Å². The Hall–Kier alpha value is -1.92. The molecule has 55 heavy (non-hydrogen) atoms. The van der Waals surface area contributed by atoms with Crippen LogP contribution in [0.15, 0.2) is 36.5 Å². The zero-order valence-electron chi connectivity index (χ0n) is 36.6. The Labute approximate surface area is 341 Å². The van der Waals surface area contributed by atoms with Gasteiger partial charge in [-0.15, -0.1) is 0 Å². The zero-order valence-corrected chi connectivity index (χ0v) is 36.6. The largest absolute Gasteiger partial charge is 0.462 e. The molecule has 0 heterocycles. The quantitative estimate of drug-likeness (QED) is 0.0326. The van der Waals surface area contributed by atoms with Gasteiger partial charge in [0.05, 0.1) is 25.2 Å². The predicted octanol–water partition coefficient (Wildman–Crippen LogP) is 13.7. The van der Waals surface area contributed by atoms with Gasteiger partial charge in [-0.05, 0) is 44.9 Å². The van der Waals surface area contributed by atoms with Crippen molar-refractivity contribution >= 4 is 11.9 Å². The minimum Gasteiger partial charge on any atom is -0.462 e. The van der Waals surface area contributed by atoms with Gasteiger partial charge in [0.15, 0.2) is 0 Å². The van der Waals surface area contributed by atoms with Crippen LogP contribution in [0.4, 0.5) is 0 Å². The molecule has 0 aliphatic rings. The average molecular weight is 774 g/mol. The standard InChI is InChI=1S/C49H91NO5/c1-4-7-10-13-16-19-22-24-26-28-31-34-37-40-45(55-49(54)42-39-36-33-30-27-25-23-20-17-14-11-8-5-2)43-48(53)50-46(44-51)47(52)41-38-35-32-29-21-18-15-12-9-6-3/h7,10,13,16,19,22,45-47,51-52H,4-6,8-9,11-12,14-15,17-18,20-21,23-44H2,1-3H3,(H,50,53)/b10-7+,16-13+,22-19+. The molecule has 0 spiro atoms. The third-order valence-electron chi connectivity index (χ3n) is 10.8. The van der Waals surface area contributed by atoms with Gasteiger partial charge < -0.3 is 20.3 Å². The Morgan fingerprint density at radius 2 is 0.982 bits per heavy atom. The SMILES string of the molecule is CC/C=C/C=C/C=C/CCCCCCCC(CC(=O)NC(CO)C(O)CCCCCCCCCCCC)OC(=O)CCCCCCCCCCCCCCC. The number of amides is 1. The number of ether oxygens (including phenoxy) is 1. The highest BCUT2D eigenvalue weighted by Crippen LogP contribution is 2.18. The van der Waals surface area contributed by atoms with Crippen LogP contribution in [0, 0.1) is 0 Å². The van der Waals surface area contributed by atoms with E-state index in [1.54, 1.807) is 0 Å². The molecule has 3 N–H and O–H groups in total. The van der Waals surface area contributed by atoms with Crippen molar-refractivity contribution in [2.75, 3.05) is 6.61 Å². The van der Waals surface area contributed by atoms with E-state index in [-0.39, 0.29) is 24.9 Å². The molecule has 0 bridgehead atoms. The molecule has 0 saturated carbocycles. The lowest BCUT2D eigenvalue weighted by molar-refractivity contribution is -0.151. The predicted molar refractivity (Wildman–Crippen MR) is 236 cm³/mol. The van der Waals surface area contributed by atoms with Crippen molar-refractivity contribution in [2.45, 2.75) is 257 Å². The summed E-state index contributed by atoms with van der Waals surface area (Å²) in [7, 11) is 0. The van der Waals surface area contributed by atoms with E-state index < -0.39 is 18.2 Å². The van der Waals surface area contributed by atoms with E-state index in [4.69, 9.17) is 4.74 Å². The highest BCUT2D eigenvalue weighted by molar-refractivity contribution is 5.77. The van der Waals surface area contributed by atoms with Crippen molar-refractivity contribution in [3.63, 3.8) is 0 Å². The van der Waals surface area contributed by atoms with Crippen LogP contribution in [-0.2, 0) is 14.3 Å². The number of hydrogen-bond donors (Lipinski definition) is 3. The number of hydrogen-bond acceptors (Lipinski definition) is 5. The molecule has 0 radical (unpaired) electrons. The van der Waals surface area contributed by atoms with Crippen LogP contribution in [0.1, 0.15) is 239 Å². The number of rotatable bonds is 42. The first-order valence-electron chi connectivity index (χ1n) is 23.7. The Balaban J connectivity index is 4.61. The van der Waals surface area contributed by atoms with Gasteiger partial charge >= 0.3 is 5.97 Å². The number of unbranched alkanes of at least 4 members (excludes halogenated alkanes) is 26. The molecule has 0 aliphatic heterocycles. The average Bonchev–Trinajstić information content (AvgIpc) is 3.18. The summed E-state index contributed by atoms with van der Waals surface area (Å²) in [4.78, 5) is 26.0. The van der Waals surface area contributed by atoms with E-state index in [9.17, 15) is 19.8 Å². The molecule has 1 amide bonds. The molecule has 322 valence electrons. The van der Waals surface area contributed by atoms with Gasteiger partial charge in [0.1, 0.15) is 6.10 Å². The van der Waals surface area contributed by atoms with Gasteiger partial charge in [-0.2, -0.15) is 0 Å². The first-order valence-corrected chi connectivity index (χ1v) is 23.7. The fraction of sp³-hybridized carbons (Fsp3) is 0.837. The number of carbonyl (C=O) groups is 2. The minimum absolute atomic E-state index is 0.0670. The van der Waals surface area contributed by atoms with Crippen molar-refractivity contribution in [2.24, 2.45) is 0 Å². The molecule has 0 rings (SSSR count). The Kier molecular flexibility index (Phi) is 41.7. The van der Waals surface area contributed by atoms with Gasteiger partial charge in [0.2, 0.25) is 5.91 Å². The molecule has 0 saturated heterocycles. The Morgan fingerprint density at radius 3 is 1.47 bits per heavy atom. The van der Waals surface area contributed by atoms with Gasteiger partial charge in [0, 0.05) is 6.42 Å². The van der Waals surface area contributed by atoms with E-state index >= 15 is 0 Å². The van der Waals surface area contributed by atoms with Crippen LogP contribution >= 0.6 is 0 Å². The maximum absolute atomic E-state index is 13.1. The Bertz CT molecular complexity index is 915.